The van der Waals surface area contributed by atoms with Gasteiger partial charge in [0.1, 0.15) is 5.69 Å². The number of carboxylic acid groups (broad SMARTS) is 1. The molecule has 0 atom stereocenters. The van der Waals surface area contributed by atoms with Gasteiger partial charge in [0.15, 0.2) is 0 Å². The lowest BCUT2D eigenvalue weighted by molar-refractivity contribution is 0.0691. The van der Waals surface area contributed by atoms with E-state index in [-0.39, 0.29) is 0 Å². The lowest BCUT2D eigenvalue weighted by Gasteiger charge is -2.11. The number of H-pyrrole nitrogens is 1. The number of fused-ring (bicyclic) bond motifs is 1. The van der Waals surface area contributed by atoms with E-state index >= 15 is 0 Å². The third-order valence-electron chi connectivity index (χ3n) is 2.09. The van der Waals surface area contributed by atoms with Gasteiger partial charge in [-0.2, -0.15) is 0 Å². The third kappa shape index (κ3) is 1.10. The first-order chi connectivity index (χ1) is 5.77. The molecule has 1 aromatic rings. The number of aromatic carboxylic acids is 1. The van der Waals surface area contributed by atoms with Crippen LogP contribution in [0.5, 0.6) is 0 Å². The van der Waals surface area contributed by atoms with Crippen molar-refractivity contribution in [2.75, 3.05) is 6.54 Å². The molecule has 1 aliphatic heterocycles. The Hall–Kier alpha value is -1.29. The second-order valence-corrected chi connectivity index (χ2v) is 2.92. The van der Waals surface area contributed by atoms with Crippen molar-refractivity contribution in [1.29, 1.82) is 0 Å². The summed E-state index contributed by atoms with van der Waals surface area (Å²) in [6, 6.07) is 1.70. The average molecular weight is 166 g/mol. The molecule has 4 heteroatoms. The van der Waals surface area contributed by atoms with Crippen LogP contribution < -0.4 is 5.32 Å². The Morgan fingerprint density at radius 3 is 3.08 bits per heavy atom. The van der Waals surface area contributed by atoms with Gasteiger partial charge in [0.25, 0.3) is 0 Å². The summed E-state index contributed by atoms with van der Waals surface area (Å²) in [5, 5.41) is 11.9. The SMILES string of the molecule is O=C(O)c1cc2c([nH]1)CCNC2. The molecule has 0 saturated heterocycles. The maximum atomic E-state index is 10.6. The fourth-order valence-corrected chi connectivity index (χ4v) is 1.47. The van der Waals surface area contributed by atoms with E-state index in [1.54, 1.807) is 6.07 Å². The number of hydrogen-bond donors (Lipinski definition) is 3. The van der Waals surface area contributed by atoms with Crippen LogP contribution in [0.2, 0.25) is 0 Å². The van der Waals surface area contributed by atoms with Crippen molar-refractivity contribution in [3.05, 3.63) is 23.0 Å². The zero-order chi connectivity index (χ0) is 8.55. The highest BCUT2D eigenvalue weighted by Crippen LogP contribution is 2.14. The fraction of sp³-hybridized carbons (Fsp3) is 0.375. The van der Waals surface area contributed by atoms with E-state index in [1.165, 1.54) is 0 Å². The van der Waals surface area contributed by atoms with Crippen LogP contribution in [0, 0.1) is 0 Å². The van der Waals surface area contributed by atoms with E-state index in [9.17, 15) is 4.79 Å². The number of aromatic amines is 1. The van der Waals surface area contributed by atoms with E-state index in [0.29, 0.717) is 5.69 Å². The van der Waals surface area contributed by atoms with Gasteiger partial charge in [0.2, 0.25) is 0 Å². The number of rotatable bonds is 1. The molecular formula is C8H10N2O2. The molecule has 1 aliphatic rings. The van der Waals surface area contributed by atoms with Crippen LogP contribution in [0.3, 0.4) is 0 Å². The van der Waals surface area contributed by atoms with E-state index in [4.69, 9.17) is 5.11 Å². The molecule has 0 aromatic carbocycles. The minimum Gasteiger partial charge on any atom is -0.477 e. The molecular weight excluding hydrogens is 156 g/mol. The molecule has 0 amide bonds. The first-order valence-electron chi connectivity index (χ1n) is 3.92. The van der Waals surface area contributed by atoms with E-state index < -0.39 is 5.97 Å². The highest BCUT2D eigenvalue weighted by Gasteiger charge is 2.14. The van der Waals surface area contributed by atoms with Gasteiger partial charge < -0.3 is 15.4 Å². The largest absolute Gasteiger partial charge is 0.477 e. The van der Waals surface area contributed by atoms with Crippen molar-refractivity contribution < 1.29 is 9.90 Å². The van der Waals surface area contributed by atoms with Gasteiger partial charge in [0.05, 0.1) is 0 Å². The minimum absolute atomic E-state index is 0.295. The van der Waals surface area contributed by atoms with E-state index in [2.05, 4.69) is 10.3 Å². The van der Waals surface area contributed by atoms with Gasteiger partial charge in [-0.1, -0.05) is 0 Å². The molecule has 0 saturated carbocycles. The van der Waals surface area contributed by atoms with Gasteiger partial charge in [0, 0.05) is 25.2 Å². The Kier molecular flexibility index (Phi) is 1.62. The average Bonchev–Trinajstić information content (AvgIpc) is 2.46. The first kappa shape index (κ1) is 7.36. The quantitative estimate of drug-likeness (QED) is 0.564. The van der Waals surface area contributed by atoms with Crippen LogP contribution in [-0.2, 0) is 13.0 Å². The maximum Gasteiger partial charge on any atom is 0.352 e. The molecule has 2 rings (SSSR count). The molecule has 0 radical (unpaired) electrons. The third-order valence-corrected chi connectivity index (χ3v) is 2.09. The van der Waals surface area contributed by atoms with Crippen LogP contribution in [0.1, 0.15) is 21.7 Å². The van der Waals surface area contributed by atoms with Crippen molar-refractivity contribution in [3.8, 4) is 0 Å². The lowest BCUT2D eigenvalue weighted by Crippen LogP contribution is -2.22. The Balaban J connectivity index is 2.38. The molecule has 0 fully saturated rings. The lowest BCUT2D eigenvalue weighted by atomic mass is 10.1. The second kappa shape index (κ2) is 2.64. The normalized spacial score (nSPS) is 15.7. The second-order valence-electron chi connectivity index (χ2n) is 2.92. The van der Waals surface area contributed by atoms with Crippen molar-refractivity contribution in [3.63, 3.8) is 0 Å². The predicted octanol–water partition coefficient (Wildman–Crippen LogP) is 0.359. The summed E-state index contributed by atoms with van der Waals surface area (Å²) in [5.74, 6) is -0.885. The minimum atomic E-state index is -0.885. The van der Waals surface area contributed by atoms with E-state index in [0.717, 1.165) is 30.8 Å². The Bertz CT molecular complexity index is 293. The highest BCUT2D eigenvalue weighted by atomic mass is 16.4. The molecule has 0 bridgehead atoms. The monoisotopic (exact) mass is 166 g/mol. The van der Waals surface area contributed by atoms with Crippen molar-refractivity contribution in [2.45, 2.75) is 13.0 Å². The Morgan fingerprint density at radius 1 is 1.58 bits per heavy atom. The van der Waals surface area contributed by atoms with E-state index in [1.807, 2.05) is 0 Å². The Labute approximate surface area is 69.6 Å². The molecule has 4 nitrogen and oxygen atoms in total. The standard InChI is InChI=1S/C8H10N2O2/c11-8(12)7-3-5-4-9-2-1-6(5)10-7/h3,9-10H,1-2,4H2,(H,11,12). The zero-order valence-electron chi connectivity index (χ0n) is 6.55. The van der Waals surface area contributed by atoms with Gasteiger partial charge in [-0.25, -0.2) is 4.79 Å². The van der Waals surface area contributed by atoms with Gasteiger partial charge >= 0.3 is 5.97 Å². The molecule has 3 N–H and O–H groups in total. The van der Waals surface area contributed by atoms with Crippen LogP contribution in [0.15, 0.2) is 6.07 Å². The highest BCUT2D eigenvalue weighted by molar-refractivity contribution is 5.86. The fourth-order valence-electron chi connectivity index (χ4n) is 1.47. The summed E-state index contributed by atoms with van der Waals surface area (Å²) < 4.78 is 0. The molecule has 1 aromatic heterocycles. The zero-order valence-corrected chi connectivity index (χ0v) is 6.55. The van der Waals surface area contributed by atoms with Gasteiger partial charge in [-0.15, -0.1) is 0 Å². The molecule has 0 spiro atoms. The summed E-state index contributed by atoms with van der Waals surface area (Å²) in [7, 11) is 0. The van der Waals surface area contributed by atoms with Crippen LogP contribution in [0.4, 0.5) is 0 Å². The summed E-state index contributed by atoms with van der Waals surface area (Å²) in [6.45, 7) is 1.70. The van der Waals surface area contributed by atoms with Crippen molar-refractivity contribution in [1.82, 2.24) is 10.3 Å². The van der Waals surface area contributed by atoms with Crippen molar-refractivity contribution in [2.24, 2.45) is 0 Å². The predicted molar refractivity (Wildman–Crippen MR) is 43.2 cm³/mol. The molecule has 2 heterocycles. The van der Waals surface area contributed by atoms with Crippen LogP contribution in [0.25, 0.3) is 0 Å². The number of carbonyl (C=O) groups is 1. The maximum absolute atomic E-state index is 10.6. The van der Waals surface area contributed by atoms with Gasteiger partial charge in [-0.05, 0) is 11.6 Å². The summed E-state index contributed by atoms with van der Waals surface area (Å²) in [6.07, 6.45) is 0.891. The smallest absolute Gasteiger partial charge is 0.352 e. The summed E-state index contributed by atoms with van der Waals surface area (Å²) in [5.41, 5.74) is 2.44. The number of aromatic nitrogens is 1. The topological polar surface area (TPSA) is 65.1 Å². The van der Waals surface area contributed by atoms with Gasteiger partial charge in [-0.3, -0.25) is 0 Å². The first-order valence-corrected chi connectivity index (χ1v) is 3.92. The van der Waals surface area contributed by atoms with Crippen LogP contribution >= 0.6 is 0 Å². The summed E-state index contributed by atoms with van der Waals surface area (Å²) in [4.78, 5) is 13.5. The molecule has 0 unspecified atom stereocenters. The molecule has 64 valence electrons. The number of hydrogen-bond acceptors (Lipinski definition) is 2. The summed E-state index contributed by atoms with van der Waals surface area (Å²) >= 11 is 0. The molecule has 0 aliphatic carbocycles. The van der Waals surface area contributed by atoms with Crippen molar-refractivity contribution >= 4 is 5.97 Å². The van der Waals surface area contributed by atoms with Crippen LogP contribution in [-0.4, -0.2) is 22.6 Å². The number of nitrogens with one attached hydrogen (secondary N) is 2. The Morgan fingerprint density at radius 2 is 2.42 bits per heavy atom. The number of carboxylic acids is 1. The molecule has 12 heavy (non-hydrogen) atoms.